The lowest BCUT2D eigenvalue weighted by Crippen LogP contribution is -2.16. The van der Waals surface area contributed by atoms with E-state index in [1.807, 2.05) is 11.5 Å². The first-order valence-electron chi connectivity index (χ1n) is 11.2. The van der Waals surface area contributed by atoms with Gasteiger partial charge in [-0.3, -0.25) is 4.79 Å². The van der Waals surface area contributed by atoms with Gasteiger partial charge < -0.3 is 19.4 Å². The van der Waals surface area contributed by atoms with E-state index in [-0.39, 0.29) is 23.8 Å². The average molecular weight is 612 g/mol. The Morgan fingerprint density at radius 3 is 2.50 bits per heavy atom. The van der Waals surface area contributed by atoms with Crippen LogP contribution in [0.4, 0.5) is 5.00 Å². The highest BCUT2D eigenvalue weighted by atomic mass is 35.5. The van der Waals surface area contributed by atoms with Crippen LogP contribution in [0.15, 0.2) is 53.0 Å². The molecule has 1 amide bonds. The summed E-state index contributed by atoms with van der Waals surface area (Å²) in [6, 6.07) is 12.0. The summed E-state index contributed by atoms with van der Waals surface area (Å²) in [6.07, 6.45) is 0. The maximum Gasteiger partial charge on any atom is 0.341 e. The van der Waals surface area contributed by atoms with Gasteiger partial charge in [0.05, 0.1) is 17.9 Å². The molecule has 0 aliphatic rings. The highest BCUT2D eigenvalue weighted by molar-refractivity contribution is 7.99. The largest absolute Gasteiger partial charge is 0.484 e. The van der Waals surface area contributed by atoms with Crippen LogP contribution < -0.4 is 10.1 Å². The first-order chi connectivity index (χ1) is 18.3. The highest BCUT2D eigenvalue weighted by Crippen LogP contribution is 2.37. The molecule has 0 spiro atoms. The molecule has 0 radical (unpaired) electrons. The van der Waals surface area contributed by atoms with Gasteiger partial charge in [0.2, 0.25) is 5.91 Å². The lowest BCUT2D eigenvalue weighted by atomic mass is 10.0. The smallest absolute Gasteiger partial charge is 0.341 e. The number of carbonyl (C=O) groups excluding carboxylic acids is 2. The van der Waals surface area contributed by atoms with Crippen LogP contribution >= 0.6 is 57.9 Å². The average Bonchev–Trinajstić information content (AvgIpc) is 3.50. The normalized spacial score (nSPS) is 10.9. The van der Waals surface area contributed by atoms with Crippen molar-refractivity contribution in [1.82, 2.24) is 14.8 Å². The Balaban J connectivity index is 1.43. The Hall–Kier alpha value is -2.76. The van der Waals surface area contributed by atoms with Gasteiger partial charge in [-0.25, -0.2) is 4.79 Å². The number of aromatic nitrogens is 3. The van der Waals surface area contributed by atoms with Crippen LogP contribution in [-0.2, 0) is 22.7 Å². The van der Waals surface area contributed by atoms with Crippen molar-refractivity contribution in [1.29, 1.82) is 0 Å². The topological polar surface area (TPSA) is 95.3 Å². The number of nitrogens with one attached hydrogen (secondary N) is 1. The molecule has 0 saturated heterocycles. The van der Waals surface area contributed by atoms with E-state index in [4.69, 9.17) is 44.3 Å². The number of carbonyl (C=O) groups is 2. The van der Waals surface area contributed by atoms with E-state index in [9.17, 15) is 9.59 Å². The fourth-order valence-electron chi connectivity index (χ4n) is 3.47. The lowest BCUT2D eigenvalue weighted by Gasteiger charge is -2.10. The molecule has 0 unspecified atom stereocenters. The van der Waals surface area contributed by atoms with Crippen LogP contribution in [0.3, 0.4) is 0 Å². The van der Waals surface area contributed by atoms with E-state index in [1.54, 1.807) is 47.8 Å². The SMILES string of the molecule is CCn1c(COc2ccc(Cl)cc2Cl)nnc1SCC(=O)Nc1scc(-c2ccc(Cl)cc2)c1C(=O)OC. The van der Waals surface area contributed by atoms with Crippen molar-refractivity contribution in [2.24, 2.45) is 0 Å². The summed E-state index contributed by atoms with van der Waals surface area (Å²) in [7, 11) is 1.30. The van der Waals surface area contributed by atoms with Crippen molar-refractivity contribution < 1.29 is 19.1 Å². The minimum Gasteiger partial charge on any atom is -0.484 e. The van der Waals surface area contributed by atoms with Crippen LogP contribution in [-0.4, -0.2) is 39.5 Å². The number of hydrogen-bond acceptors (Lipinski definition) is 8. The van der Waals surface area contributed by atoms with E-state index in [1.165, 1.54) is 30.2 Å². The van der Waals surface area contributed by atoms with Crippen molar-refractivity contribution in [2.75, 3.05) is 18.2 Å². The molecule has 2 aromatic carbocycles. The molecule has 198 valence electrons. The zero-order valence-corrected chi connectivity index (χ0v) is 24.1. The predicted molar refractivity (Wildman–Crippen MR) is 152 cm³/mol. The molecule has 0 atom stereocenters. The van der Waals surface area contributed by atoms with Gasteiger partial charge in [0.1, 0.15) is 22.9 Å². The van der Waals surface area contributed by atoms with Gasteiger partial charge in [-0.2, -0.15) is 0 Å². The van der Waals surface area contributed by atoms with Crippen LogP contribution in [0.25, 0.3) is 11.1 Å². The summed E-state index contributed by atoms with van der Waals surface area (Å²) in [5.41, 5.74) is 1.72. The van der Waals surface area contributed by atoms with Crippen molar-refractivity contribution in [3.63, 3.8) is 0 Å². The summed E-state index contributed by atoms with van der Waals surface area (Å²) in [5, 5.41) is 15.5. The number of anilines is 1. The molecule has 4 rings (SSSR count). The second-order valence-corrected chi connectivity index (χ2v) is 10.8. The number of esters is 1. The third kappa shape index (κ3) is 6.62. The standard InChI is InChI=1S/C25H21Cl3N4O4S2/c1-3-32-20(11-36-19-9-8-16(27)10-18(19)28)30-31-25(32)38-13-21(33)29-23-22(24(34)35-2)17(12-37-23)14-4-6-15(26)7-5-14/h4-10,12H,3,11,13H2,1-2H3,(H,29,33). The summed E-state index contributed by atoms with van der Waals surface area (Å²) >= 11 is 20.6. The summed E-state index contributed by atoms with van der Waals surface area (Å²) in [4.78, 5) is 25.4. The van der Waals surface area contributed by atoms with Crippen LogP contribution in [0.2, 0.25) is 15.1 Å². The van der Waals surface area contributed by atoms with E-state index >= 15 is 0 Å². The minimum absolute atomic E-state index is 0.0524. The number of hydrogen-bond donors (Lipinski definition) is 1. The third-order valence-electron chi connectivity index (χ3n) is 5.28. The van der Waals surface area contributed by atoms with Gasteiger partial charge >= 0.3 is 5.97 Å². The van der Waals surface area contributed by atoms with Crippen molar-refractivity contribution in [2.45, 2.75) is 25.2 Å². The molecule has 38 heavy (non-hydrogen) atoms. The van der Waals surface area contributed by atoms with E-state index in [0.717, 1.165) is 5.56 Å². The number of methoxy groups -OCH3 is 1. The number of nitrogens with zero attached hydrogens (tertiary/aromatic N) is 3. The Bertz CT molecular complexity index is 1460. The molecule has 13 heteroatoms. The summed E-state index contributed by atoms with van der Waals surface area (Å²) < 4.78 is 12.6. The zero-order chi connectivity index (χ0) is 27.2. The highest BCUT2D eigenvalue weighted by Gasteiger charge is 2.23. The van der Waals surface area contributed by atoms with Gasteiger partial charge in [0, 0.05) is 27.5 Å². The first-order valence-corrected chi connectivity index (χ1v) is 14.2. The quantitative estimate of drug-likeness (QED) is 0.151. The molecule has 0 aliphatic heterocycles. The summed E-state index contributed by atoms with van der Waals surface area (Å²) in [6.45, 7) is 2.66. The molecule has 2 heterocycles. The Morgan fingerprint density at radius 1 is 1.08 bits per heavy atom. The molecule has 2 aromatic heterocycles. The van der Waals surface area contributed by atoms with E-state index in [2.05, 4.69) is 15.5 Å². The summed E-state index contributed by atoms with van der Waals surface area (Å²) in [5.74, 6) is 0.263. The molecule has 0 bridgehead atoms. The fourth-order valence-corrected chi connectivity index (χ4v) is 5.86. The van der Waals surface area contributed by atoms with Gasteiger partial charge in [-0.05, 0) is 42.8 Å². The number of ether oxygens (including phenoxy) is 2. The Kier molecular flexibility index (Phi) is 9.56. The molecular weight excluding hydrogens is 591 g/mol. The Morgan fingerprint density at radius 2 is 1.82 bits per heavy atom. The first kappa shape index (κ1) is 28.3. The number of halogens is 3. The second kappa shape index (κ2) is 12.9. The van der Waals surface area contributed by atoms with Crippen molar-refractivity contribution >= 4 is 74.8 Å². The Labute approximate surface area is 242 Å². The van der Waals surface area contributed by atoms with Crippen LogP contribution in [0, 0.1) is 0 Å². The molecule has 0 saturated carbocycles. The molecular formula is C25H21Cl3N4O4S2. The molecule has 0 fully saturated rings. The number of rotatable bonds is 10. The zero-order valence-electron chi connectivity index (χ0n) is 20.2. The van der Waals surface area contributed by atoms with Gasteiger partial charge in [-0.15, -0.1) is 21.5 Å². The minimum atomic E-state index is -0.546. The fraction of sp³-hybridized carbons (Fsp3) is 0.200. The van der Waals surface area contributed by atoms with E-state index in [0.29, 0.717) is 48.9 Å². The van der Waals surface area contributed by atoms with E-state index < -0.39 is 5.97 Å². The molecule has 0 aliphatic carbocycles. The molecule has 4 aromatic rings. The van der Waals surface area contributed by atoms with Gasteiger partial charge in [0.15, 0.2) is 11.0 Å². The van der Waals surface area contributed by atoms with Crippen LogP contribution in [0.5, 0.6) is 5.75 Å². The van der Waals surface area contributed by atoms with Gasteiger partial charge in [0.25, 0.3) is 0 Å². The second-order valence-electron chi connectivity index (χ2n) is 7.70. The number of thioether (sulfide) groups is 1. The number of amides is 1. The maximum atomic E-state index is 12.8. The molecule has 1 N–H and O–H groups in total. The van der Waals surface area contributed by atoms with Gasteiger partial charge in [-0.1, -0.05) is 58.7 Å². The van der Waals surface area contributed by atoms with Crippen LogP contribution in [0.1, 0.15) is 23.1 Å². The molecule has 8 nitrogen and oxygen atoms in total. The number of thiophene rings is 1. The van der Waals surface area contributed by atoms with Crippen molar-refractivity contribution in [3.05, 3.63) is 74.3 Å². The third-order valence-corrected chi connectivity index (χ3v) is 7.93. The predicted octanol–water partition coefficient (Wildman–Crippen LogP) is 7.08. The lowest BCUT2D eigenvalue weighted by molar-refractivity contribution is -0.113. The monoisotopic (exact) mass is 610 g/mol. The maximum absolute atomic E-state index is 12.8. The van der Waals surface area contributed by atoms with Crippen molar-refractivity contribution in [3.8, 4) is 16.9 Å². The number of benzene rings is 2.